The molecule has 3 fully saturated rings. The highest BCUT2D eigenvalue weighted by molar-refractivity contribution is 5.83. The van der Waals surface area contributed by atoms with Crippen LogP contribution in [0.4, 0.5) is 22.0 Å². The topological polar surface area (TPSA) is 46.5 Å². The fourth-order valence-electron chi connectivity index (χ4n) is 10.3. The van der Waals surface area contributed by atoms with E-state index in [1.54, 1.807) is 0 Å². The predicted molar refractivity (Wildman–Crippen MR) is 164 cm³/mol. The molecule has 0 bridgehead atoms. The Kier molecular flexibility index (Phi) is 9.35. The lowest BCUT2D eigenvalue weighted by Gasteiger charge is -2.58. The van der Waals surface area contributed by atoms with Crippen LogP contribution in [-0.4, -0.2) is 29.2 Å². The zero-order valence-electron chi connectivity index (χ0n) is 27.4. The van der Waals surface area contributed by atoms with Gasteiger partial charge in [-0.1, -0.05) is 95.9 Å². The number of carbonyl (C=O) groups excluding carboxylic acids is 1. The summed E-state index contributed by atoms with van der Waals surface area (Å²) < 4.78 is 78.3. The molecule has 1 aromatic rings. The predicted octanol–water partition coefficient (Wildman–Crippen LogP) is 10.0. The van der Waals surface area contributed by atoms with E-state index in [4.69, 9.17) is 9.84 Å². The largest absolute Gasteiger partial charge is 0.459 e. The maximum Gasteiger partial charge on any atom is 0.421 e. The van der Waals surface area contributed by atoms with E-state index in [0.717, 1.165) is 54.5 Å². The van der Waals surface area contributed by atoms with Crippen molar-refractivity contribution in [1.82, 2.24) is 0 Å². The van der Waals surface area contributed by atoms with Gasteiger partial charge in [0.1, 0.15) is 6.10 Å². The van der Waals surface area contributed by atoms with Crippen LogP contribution in [-0.2, 0) is 15.2 Å². The standard InChI is InChI=1S/C37H51F5O3/c1-23(2)10-9-11-24(3)29-16-17-30-28-15-14-26-22-27(18-20-33(26,4)31(28)19-21-34(29,30)5)45-32(43)35(38,25-12-7-6-8-13-25)36(39,40)37(41,42)44/h6-8,12-14,23-24,27-31,44H,9-11,15-22H2,1-5H3/t24-,27+,28+,29-,30+,31+,33+,34-,35?/m1/s1. The number of rotatable bonds is 10. The molecule has 4 aliphatic rings. The van der Waals surface area contributed by atoms with Crippen LogP contribution in [0.3, 0.4) is 0 Å². The van der Waals surface area contributed by atoms with Crippen molar-refractivity contribution >= 4 is 5.97 Å². The molecule has 1 unspecified atom stereocenters. The minimum atomic E-state index is -5.79. The second-order valence-corrected chi connectivity index (χ2v) is 15.7. The number of hydrogen-bond donors (Lipinski definition) is 1. The number of esters is 1. The van der Waals surface area contributed by atoms with Crippen LogP contribution in [0.25, 0.3) is 0 Å². The average Bonchev–Trinajstić information content (AvgIpc) is 3.33. The van der Waals surface area contributed by atoms with Gasteiger partial charge in [-0.05, 0) is 91.3 Å². The molecule has 252 valence electrons. The minimum Gasteiger partial charge on any atom is -0.459 e. The molecule has 8 heteroatoms. The van der Waals surface area contributed by atoms with Crippen LogP contribution in [0, 0.1) is 46.3 Å². The number of benzene rings is 1. The summed E-state index contributed by atoms with van der Waals surface area (Å²) in [6.45, 7) is 11.8. The van der Waals surface area contributed by atoms with Crippen LogP contribution in [0.1, 0.15) is 111 Å². The van der Waals surface area contributed by atoms with Crippen molar-refractivity contribution in [2.45, 2.75) is 129 Å². The van der Waals surface area contributed by atoms with Crippen molar-refractivity contribution in [3.05, 3.63) is 47.5 Å². The molecule has 0 radical (unpaired) electrons. The number of ether oxygens (including phenoxy) is 1. The first-order valence-electron chi connectivity index (χ1n) is 17.1. The third kappa shape index (κ3) is 5.77. The van der Waals surface area contributed by atoms with Crippen molar-refractivity contribution < 1.29 is 36.6 Å². The minimum absolute atomic E-state index is 0.136. The van der Waals surface area contributed by atoms with Gasteiger partial charge in [0.2, 0.25) is 0 Å². The normalized spacial score (nSPS) is 35.5. The zero-order valence-corrected chi connectivity index (χ0v) is 27.4. The Morgan fingerprint density at radius 3 is 2.29 bits per heavy atom. The molecule has 5 rings (SSSR count). The van der Waals surface area contributed by atoms with Crippen LogP contribution in [0.15, 0.2) is 42.0 Å². The molecule has 9 atom stereocenters. The molecule has 0 aromatic heterocycles. The van der Waals surface area contributed by atoms with E-state index < -0.39 is 35.3 Å². The molecule has 4 aliphatic carbocycles. The summed E-state index contributed by atoms with van der Waals surface area (Å²) in [6.07, 6.45) is 6.35. The lowest BCUT2D eigenvalue weighted by molar-refractivity contribution is -0.361. The van der Waals surface area contributed by atoms with Crippen molar-refractivity contribution in [2.24, 2.45) is 46.3 Å². The summed E-state index contributed by atoms with van der Waals surface area (Å²) in [5.74, 6) is -4.00. The van der Waals surface area contributed by atoms with Crippen molar-refractivity contribution in [2.75, 3.05) is 0 Å². The third-order valence-electron chi connectivity index (χ3n) is 12.8. The highest BCUT2D eigenvalue weighted by atomic mass is 19.3. The van der Waals surface area contributed by atoms with Gasteiger partial charge in [-0.3, -0.25) is 0 Å². The van der Waals surface area contributed by atoms with Gasteiger partial charge in [-0.15, -0.1) is 0 Å². The van der Waals surface area contributed by atoms with Crippen LogP contribution < -0.4 is 0 Å². The first-order chi connectivity index (χ1) is 21.0. The van der Waals surface area contributed by atoms with Gasteiger partial charge in [0.15, 0.2) is 0 Å². The van der Waals surface area contributed by atoms with Gasteiger partial charge in [0, 0.05) is 12.0 Å². The first kappa shape index (κ1) is 34.4. The number of fused-ring (bicyclic) bond motifs is 5. The quantitative estimate of drug-likeness (QED) is 0.158. The summed E-state index contributed by atoms with van der Waals surface area (Å²) in [7, 11) is 0. The smallest absolute Gasteiger partial charge is 0.421 e. The van der Waals surface area contributed by atoms with Gasteiger partial charge >= 0.3 is 23.7 Å². The molecule has 0 saturated heterocycles. The maximum absolute atomic E-state index is 16.0. The second-order valence-electron chi connectivity index (χ2n) is 15.7. The molecule has 0 amide bonds. The van der Waals surface area contributed by atoms with Gasteiger partial charge in [-0.25, -0.2) is 9.18 Å². The van der Waals surface area contributed by atoms with E-state index in [1.807, 2.05) is 0 Å². The third-order valence-corrected chi connectivity index (χ3v) is 12.8. The fourth-order valence-corrected chi connectivity index (χ4v) is 10.3. The van der Waals surface area contributed by atoms with Gasteiger partial charge < -0.3 is 9.84 Å². The summed E-state index contributed by atoms with van der Waals surface area (Å²) in [4.78, 5) is 13.1. The fraction of sp³-hybridized carbons (Fsp3) is 0.757. The second kappa shape index (κ2) is 12.2. The lowest BCUT2D eigenvalue weighted by atomic mass is 9.47. The number of hydrogen-bond acceptors (Lipinski definition) is 3. The molecule has 1 N–H and O–H groups in total. The Labute approximate surface area is 265 Å². The summed E-state index contributed by atoms with van der Waals surface area (Å²) in [5, 5.41) is 8.94. The molecular formula is C37H51F5O3. The number of carbonyl (C=O) groups is 1. The van der Waals surface area contributed by atoms with E-state index in [9.17, 15) is 22.4 Å². The average molecular weight is 639 g/mol. The van der Waals surface area contributed by atoms with E-state index >= 15 is 4.39 Å². The number of allylic oxidation sites excluding steroid dienone is 1. The monoisotopic (exact) mass is 638 g/mol. The Balaban J connectivity index is 1.31. The zero-order chi connectivity index (χ0) is 33.0. The van der Waals surface area contributed by atoms with Crippen LogP contribution in [0.5, 0.6) is 0 Å². The molecule has 0 aliphatic heterocycles. The molecule has 45 heavy (non-hydrogen) atoms. The van der Waals surface area contributed by atoms with Gasteiger partial charge in [0.05, 0.1) is 0 Å². The Bertz CT molecular complexity index is 1240. The van der Waals surface area contributed by atoms with E-state index in [2.05, 4.69) is 40.7 Å². The highest BCUT2D eigenvalue weighted by Crippen LogP contribution is 2.67. The van der Waals surface area contributed by atoms with Gasteiger partial charge in [0.25, 0.3) is 0 Å². The first-order valence-corrected chi connectivity index (χ1v) is 17.1. The SMILES string of the molecule is CC(C)CCC[C@@H](C)[C@H]1CC[C@H]2[C@@H]3CC=C4C[C@@H](OC(=O)C(F)(c5ccccc5)C(F)(F)C(O)(F)F)CC[C@]4(C)[C@H]3CC[C@]12C. The molecular weight excluding hydrogens is 587 g/mol. The maximum atomic E-state index is 16.0. The van der Waals surface area contributed by atoms with Crippen LogP contribution in [0.2, 0.25) is 0 Å². The molecule has 3 saturated carbocycles. The van der Waals surface area contributed by atoms with Crippen LogP contribution >= 0.6 is 0 Å². The summed E-state index contributed by atoms with van der Waals surface area (Å²) >= 11 is 0. The van der Waals surface area contributed by atoms with Crippen molar-refractivity contribution in [3.63, 3.8) is 0 Å². The number of aliphatic hydroxyl groups is 1. The van der Waals surface area contributed by atoms with E-state index in [0.29, 0.717) is 41.9 Å². The highest BCUT2D eigenvalue weighted by Gasteiger charge is 2.75. The Hall–Kier alpha value is -1.96. The van der Waals surface area contributed by atoms with E-state index in [1.165, 1.54) is 44.6 Å². The lowest BCUT2D eigenvalue weighted by Crippen LogP contribution is -2.59. The molecule has 0 spiro atoms. The molecule has 3 nitrogen and oxygen atoms in total. The van der Waals surface area contributed by atoms with Crippen molar-refractivity contribution in [1.29, 1.82) is 0 Å². The molecule has 1 aromatic carbocycles. The van der Waals surface area contributed by atoms with E-state index in [-0.39, 0.29) is 11.8 Å². The summed E-state index contributed by atoms with van der Waals surface area (Å²) in [6, 6.07) is 5.34. The number of halogens is 5. The van der Waals surface area contributed by atoms with Crippen molar-refractivity contribution in [3.8, 4) is 0 Å². The molecule has 0 heterocycles. The Morgan fingerprint density at radius 1 is 0.956 bits per heavy atom. The number of alkyl halides is 5. The van der Waals surface area contributed by atoms with Gasteiger partial charge in [-0.2, -0.15) is 17.6 Å². The Morgan fingerprint density at radius 2 is 1.64 bits per heavy atom. The summed E-state index contributed by atoms with van der Waals surface area (Å²) in [5.41, 5.74) is -4.28.